The molecule has 0 fully saturated rings. The molecule has 1 atom stereocenters. The molecule has 2 aromatic carbocycles. The fourth-order valence-electron chi connectivity index (χ4n) is 2.60. The highest BCUT2D eigenvalue weighted by atomic mass is 32.2. The van der Waals surface area contributed by atoms with Gasteiger partial charge in [-0.05, 0) is 49.7 Å². The third-order valence-electron chi connectivity index (χ3n) is 4.04. The molecule has 1 heterocycles. The molecule has 27 heavy (non-hydrogen) atoms. The van der Waals surface area contributed by atoms with E-state index in [2.05, 4.69) is 10.0 Å². The highest BCUT2D eigenvalue weighted by Crippen LogP contribution is 2.34. The molecule has 0 bridgehead atoms. The maximum Gasteiger partial charge on any atom is 0.242 e. The van der Waals surface area contributed by atoms with Crippen LogP contribution in [-0.2, 0) is 14.8 Å². The SMILES string of the molecule is COc1ccc(S(=O)(=O)N[C@H](C)C(=O)Nc2ccc3c(c2)OCO3)cc1C. The van der Waals surface area contributed by atoms with Crippen LogP contribution in [0, 0.1) is 6.92 Å². The zero-order valence-corrected chi connectivity index (χ0v) is 15.9. The molecule has 3 rings (SSSR count). The topological polar surface area (TPSA) is 103 Å². The Bertz CT molecular complexity index is 974. The van der Waals surface area contributed by atoms with Crippen LogP contribution < -0.4 is 24.2 Å². The minimum atomic E-state index is -3.86. The monoisotopic (exact) mass is 392 g/mol. The highest BCUT2D eigenvalue weighted by Gasteiger charge is 2.23. The Kier molecular flexibility index (Phi) is 5.24. The van der Waals surface area contributed by atoms with E-state index >= 15 is 0 Å². The van der Waals surface area contributed by atoms with Crippen molar-refractivity contribution >= 4 is 21.6 Å². The van der Waals surface area contributed by atoms with Crippen molar-refractivity contribution in [2.24, 2.45) is 0 Å². The summed E-state index contributed by atoms with van der Waals surface area (Å²) in [5.41, 5.74) is 1.16. The second kappa shape index (κ2) is 7.45. The second-order valence-corrected chi connectivity index (χ2v) is 7.75. The second-order valence-electron chi connectivity index (χ2n) is 6.03. The molecule has 1 amide bonds. The zero-order chi connectivity index (χ0) is 19.6. The van der Waals surface area contributed by atoms with Gasteiger partial charge >= 0.3 is 0 Å². The van der Waals surface area contributed by atoms with Crippen molar-refractivity contribution in [2.75, 3.05) is 19.2 Å². The van der Waals surface area contributed by atoms with Crippen LogP contribution in [0.1, 0.15) is 12.5 Å². The fourth-order valence-corrected chi connectivity index (χ4v) is 3.88. The van der Waals surface area contributed by atoms with Gasteiger partial charge in [0.05, 0.1) is 18.0 Å². The summed E-state index contributed by atoms with van der Waals surface area (Å²) < 4.78 is 43.0. The summed E-state index contributed by atoms with van der Waals surface area (Å²) >= 11 is 0. The first-order valence-corrected chi connectivity index (χ1v) is 9.66. The van der Waals surface area contributed by atoms with E-state index in [1.807, 2.05) is 0 Å². The van der Waals surface area contributed by atoms with Crippen molar-refractivity contribution < 1.29 is 27.4 Å². The minimum Gasteiger partial charge on any atom is -0.496 e. The maximum absolute atomic E-state index is 12.5. The number of fused-ring (bicyclic) bond motifs is 1. The van der Waals surface area contributed by atoms with Gasteiger partial charge in [0, 0.05) is 11.8 Å². The van der Waals surface area contributed by atoms with Gasteiger partial charge in [-0.2, -0.15) is 4.72 Å². The molecule has 9 heteroatoms. The first-order valence-electron chi connectivity index (χ1n) is 8.17. The summed E-state index contributed by atoms with van der Waals surface area (Å²) in [4.78, 5) is 12.4. The number of hydrogen-bond acceptors (Lipinski definition) is 6. The van der Waals surface area contributed by atoms with Crippen molar-refractivity contribution in [3.63, 3.8) is 0 Å². The fraction of sp³-hybridized carbons (Fsp3) is 0.278. The molecule has 1 aliphatic heterocycles. The number of sulfonamides is 1. The Hall–Kier alpha value is -2.78. The number of ether oxygens (including phenoxy) is 3. The van der Waals surface area contributed by atoms with Crippen molar-refractivity contribution in [3.8, 4) is 17.2 Å². The molecule has 0 spiro atoms. The smallest absolute Gasteiger partial charge is 0.242 e. The first-order chi connectivity index (χ1) is 12.8. The van der Waals surface area contributed by atoms with Gasteiger partial charge in [-0.15, -0.1) is 0 Å². The minimum absolute atomic E-state index is 0.0588. The Morgan fingerprint density at radius 1 is 1.15 bits per heavy atom. The number of rotatable bonds is 6. The predicted octanol–water partition coefficient (Wildman–Crippen LogP) is 2.04. The number of hydrogen-bond donors (Lipinski definition) is 2. The number of amides is 1. The summed E-state index contributed by atoms with van der Waals surface area (Å²) in [5.74, 6) is 1.21. The quantitative estimate of drug-likeness (QED) is 0.780. The Morgan fingerprint density at radius 3 is 2.59 bits per heavy atom. The number of benzene rings is 2. The number of anilines is 1. The number of nitrogens with one attached hydrogen (secondary N) is 2. The van der Waals surface area contributed by atoms with Crippen LogP contribution >= 0.6 is 0 Å². The summed E-state index contributed by atoms with van der Waals surface area (Å²) in [6.07, 6.45) is 0. The average Bonchev–Trinajstić information content (AvgIpc) is 3.09. The molecule has 2 aromatic rings. The molecular weight excluding hydrogens is 372 g/mol. The largest absolute Gasteiger partial charge is 0.496 e. The number of methoxy groups -OCH3 is 1. The lowest BCUT2D eigenvalue weighted by Gasteiger charge is -2.15. The molecule has 2 N–H and O–H groups in total. The number of carbonyl (C=O) groups is 1. The summed E-state index contributed by atoms with van der Waals surface area (Å²) in [6, 6.07) is 8.45. The molecule has 8 nitrogen and oxygen atoms in total. The van der Waals surface area contributed by atoms with E-state index in [1.165, 1.54) is 26.2 Å². The van der Waals surface area contributed by atoms with Gasteiger partial charge in [0.25, 0.3) is 0 Å². The lowest BCUT2D eigenvalue weighted by molar-refractivity contribution is -0.117. The Balaban J connectivity index is 1.69. The predicted molar refractivity (Wildman–Crippen MR) is 98.7 cm³/mol. The van der Waals surface area contributed by atoms with E-state index in [0.717, 1.165) is 0 Å². The van der Waals surface area contributed by atoms with Crippen molar-refractivity contribution in [1.29, 1.82) is 0 Å². The molecule has 0 aromatic heterocycles. The van der Waals surface area contributed by atoms with Gasteiger partial charge < -0.3 is 19.5 Å². The van der Waals surface area contributed by atoms with Gasteiger partial charge in [0.15, 0.2) is 11.5 Å². The summed E-state index contributed by atoms with van der Waals surface area (Å²) in [5, 5.41) is 2.65. The van der Waals surface area contributed by atoms with Gasteiger partial charge in [0.2, 0.25) is 22.7 Å². The zero-order valence-electron chi connectivity index (χ0n) is 15.1. The van der Waals surface area contributed by atoms with Gasteiger partial charge in [-0.25, -0.2) is 8.42 Å². The molecule has 144 valence electrons. The normalized spacial score (nSPS) is 13.9. The lowest BCUT2D eigenvalue weighted by Crippen LogP contribution is -2.41. The first kappa shape index (κ1) is 19.0. The van der Waals surface area contributed by atoms with Gasteiger partial charge in [-0.1, -0.05) is 0 Å². The Morgan fingerprint density at radius 2 is 1.89 bits per heavy atom. The molecule has 0 saturated heterocycles. The molecule has 0 saturated carbocycles. The van der Waals surface area contributed by atoms with Crippen molar-refractivity contribution in [3.05, 3.63) is 42.0 Å². The van der Waals surface area contributed by atoms with Crippen LogP contribution in [0.15, 0.2) is 41.3 Å². The van der Waals surface area contributed by atoms with E-state index in [0.29, 0.717) is 28.5 Å². The van der Waals surface area contributed by atoms with Crippen LogP contribution in [0.2, 0.25) is 0 Å². The standard InChI is InChI=1S/C18H20N2O6S/c1-11-8-14(5-7-15(11)24-3)27(22,23)20-12(2)18(21)19-13-4-6-16-17(9-13)26-10-25-16/h4-9,12,20H,10H2,1-3H3,(H,19,21)/t12-/m1/s1. The number of carbonyl (C=O) groups excluding carboxylic acids is 1. The van der Waals surface area contributed by atoms with Crippen LogP contribution in [-0.4, -0.2) is 34.3 Å². The van der Waals surface area contributed by atoms with Crippen molar-refractivity contribution in [1.82, 2.24) is 4.72 Å². The van der Waals surface area contributed by atoms with Crippen LogP contribution in [0.4, 0.5) is 5.69 Å². The Labute approximate surface area is 157 Å². The maximum atomic E-state index is 12.5. The van der Waals surface area contributed by atoms with Crippen LogP contribution in [0.25, 0.3) is 0 Å². The molecule has 1 aliphatic rings. The van der Waals surface area contributed by atoms with Gasteiger partial charge in [0.1, 0.15) is 5.75 Å². The van der Waals surface area contributed by atoms with E-state index in [9.17, 15) is 13.2 Å². The molecule has 0 aliphatic carbocycles. The highest BCUT2D eigenvalue weighted by molar-refractivity contribution is 7.89. The van der Waals surface area contributed by atoms with Crippen molar-refractivity contribution in [2.45, 2.75) is 24.8 Å². The molecular formula is C18H20N2O6S. The van der Waals surface area contributed by atoms with Crippen LogP contribution in [0.5, 0.6) is 17.2 Å². The third kappa shape index (κ3) is 4.15. The summed E-state index contributed by atoms with van der Waals surface area (Å²) in [7, 11) is -2.35. The lowest BCUT2D eigenvalue weighted by atomic mass is 10.2. The average molecular weight is 392 g/mol. The summed E-state index contributed by atoms with van der Waals surface area (Å²) in [6.45, 7) is 3.34. The number of aryl methyl sites for hydroxylation is 1. The molecule has 0 radical (unpaired) electrons. The third-order valence-corrected chi connectivity index (χ3v) is 5.58. The van der Waals surface area contributed by atoms with E-state index in [1.54, 1.807) is 31.2 Å². The molecule has 0 unspecified atom stereocenters. The van der Waals surface area contributed by atoms with Crippen LogP contribution in [0.3, 0.4) is 0 Å². The van der Waals surface area contributed by atoms with E-state index in [-0.39, 0.29) is 11.7 Å². The van der Waals surface area contributed by atoms with Gasteiger partial charge in [-0.3, -0.25) is 4.79 Å². The van der Waals surface area contributed by atoms with E-state index in [4.69, 9.17) is 14.2 Å². The van der Waals surface area contributed by atoms with E-state index < -0.39 is 22.0 Å².